The van der Waals surface area contributed by atoms with Crippen LogP contribution in [0.3, 0.4) is 0 Å². The largest absolute Gasteiger partial charge is 0.497 e. The van der Waals surface area contributed by atoms with Crippen molar-refractivity contribution < 1.29 is 28.7 Å². The number of hydrogen-bond donors (Lipinski definition) is 3. The molecule has 3 rings (SSSR count). The number of nitrogens with one attached hydrogen (secondary N) is 3. The Bertz CT molecular complexity index is 1100. The molecular weight excluding hydrogens is 468 g/mol. The van der Waals surface area contributed by atoms with Gasteiger partial charge in [0.05, 0.1) is 26.5 Å². The van der Waals surface area contributed by atoms with Gasteiger partial charge in [-0.2, -0.15) is 0 Å². The Morgan fingerprint density at radius 3 is 2.56 bits per heavy atom. The van der Waals surface area contributed by atoms with Crippen LogP contribution in [0.25, 0.3) is 0 Å². The summed E-state index contributed by atoms with van der Waals surface area (Å²) in [5.41, 5.74) is 0.550. The van der Waals surface area contributed by atoms with E-state index < -0.39 is 41.9 Å². The van der Waals surface area contributed by atoms with Gasteiger partial charge in [-0.25, -0.2) is 14.6 Å². The van der Waals surface area contributed by atoms with Crippen LogP contribution in [0, 0.1) is 5.92 Å². The van der Waals surface area contributed by atoms with E-state index in [0.717, 1.165) is 0 Å². The third-order valence-electron chi connectivity index (χ3n) is 5.77. The third-order valence-corrected chi connectivity index (χ3v) is 5.77. The highest BCUT2D eigenvalue weighted by Gasteiger charge is 2.44. The lowest BCUT2D eigenvalue weighted by Crippen LogP contribution is -2.58. The number of esters is 1. The van der Waals surface area contributed by atoms with Crippen LogP contribution in [0.15, 0.2) is 42.9 Å². The van der Waals surface area contributed by atoms with Crippen molar-refractivity contribution in [2.45, 2.75) is 38.4 Å². The SMILES string of the molecule is COC(=O)[C@H](NC(=O)[C@H]1[C@@H](NC(=O)Nc2cccc(OC)c2)CCN1C(=O)c1cnccn1)C(C)C. The summed E-state index contributed by atoms with van der Waals surface area (Å²) in [6, 6.07) is 3.48. The van der Waals surface area contributed by atoms with E-state index in [-0.39, 0.29) is 18.2 Å². The van der Waals surface area contributed by atoms with Gasteiger partial charge in [-0.3, -0.25) is 14.6 Å². The zero-order chi connectivity index (χ0) is 26.2. The van der Waals surface area contributed by atoms with Crippen molar-refractivity contribution in [1.29, 1.82) is 0 Å². The summed E-state index contributed by atoms with van der Waals surface area (Å²) in [6.45, 7) is 3.70. The maximum atomic E-state index is 13.4. The van der Waals surface area contributed by atoms with E-state index >= 15 is 0 Å². The minimum Gasteiger partial charge on any atom is -0.497 e. The molecule has 4 amide bonds. The van der Waals surface area contributed by atoms with E-state index in [2.05, 4.69) is 25.9 Å². The molecule has 2 heterocycles. The first kappa shape index (κ1) is 26.4. The number of nitrogens with zero attached hydrogens (tertiary/aromatic N) is 3. The minimum atomic E-state index is -1.10. The molecule has 0 spiro atoms. The van der Waals surface area contributed by atoms with E-state index in [0.29, 0.717) is 17.9 Å². The number of likely N-dealkylation sites (tertiary alicyclic amines) is 1. The smallest absolute Gasteiger partial charge is 0.328 e. The van der Waals surface area contributed by atoms with Crippen LogP contribution in [0.1, 0.15) is 30.8 Å². The second kappa shape index (κ2) is 12.0. The summed E-state index contributed by atoms with van der Waals surface area (Å²) >= 11 is 0. The Morgan fingerprint density at radius 2 is 1.92 bits per heavy atom. The number of carbonyl (C=O) groups excluding carboxylic acids is 4. The van der Waals surface area contributed by atoms with Gasteiger partial charge in [-0.15, -0.1) is 0 Å². The molecule has 3 N–H and O–H groups in total. The van der Waals surface area contributed by atoms with Crippen molar-refractivity contribution >= 4 is 29.5 Å². The van der Waals surface area contributed by atoms with Crippen LogP contribution in [0.4, 0.5) is 10.5 Å². The molecule has 12 heteroatoms. The lowest BCUT2D eigenvalue weighted by Gasteiger charge is -2.29. The Balaban J connectivity index is 1.82. The zero-order valence-electron chi connectivity index (χ0n) is 20.6. The number of ether oxygens (including phenoxy) is 2. The molecule has 192 valence electrons. The van der Waals surface area contributed by atoms with E-state index in [1.807, 2.05) is 0 Å². The molecule has 1 fully saturated rings. The summed E-state index contributed by atoms with van der Waals surface area (Å²) in [6.07, 6.45) is 4.42. The molecule has 3 atom stereocenters. The average Bonchev–Trinajstić information content (AvgIpc) is 3.29. The van der Waals surface area contributed by atoms with Gasteiger partial charge in [0.2, 0.25) is 5.91 Å². The Hall–Kier alpha value is -4.22. The number of methoxy groups -OCH3 is 2. The summed E-state index contributed by atoms with van der Waals surface area (Å²) in [5, 5.41) is 8.17. The molecular formula is C24H30N6O6. The van der Waals surface area contributed by atoms with Gasteiger partial charge in [0, 0.05) is 30.7 Å². The van der Waals surface area contributed by atoms with Gasteiger partial charge in [0.25, 0.3) is 5.91 Å². The van der Waals surface area contributed by atoms with E-state index in [1.54, 1.807) is 38.1 Å². The molecule has 1 aromatic carbocycles. The molecule has 1 saturated heterocycles. The molecule has 1 aromatic heterocycles. The second-order valence-corrected chi connectivity index (χ2v) is 8.51. The molecule has 1 aliphatic heterocycles. The summed E-state index contributed by atoms with van der Waals surface area (Å²) < 4.78 is 9.98. The number of benzene rings is 1. The molecule has 2 aromatic rings. The second-order valence-electron chi connectivity index (χ2n) is 8.51. The molecule has 0 aliphatic carbocycles. The number of amides is 4. The maximum Gasteiger partial charge on any atom is 0.328 e. The van der Waals surface area contributed by atoms with E-state index in [1.165, 1.54) is 37.7 Å². The first-order valence-electron chi connectivity index (χ1n) is 11.4. The predicted molar refractivity (Wildman–Crippen MR) is 129 cm³/mol. The fourth-order valence-electron chi connectivity index (χ4n) is 3.95. The number of anilines is 1. The monoisotopic (exact) mass is 498 g/mol. The molecule has 0 bridgehead atoms. The third kappa shape index (κ3) is 6.26. The van der Waals surface area contributed by atoms with Crippen LogP contribution < -0.4 is 20.7 Å². The van der Waals surface area contributed by atoms with Crippen LogP contribution in [-0.2, 0) is 14.3 Å². The fourth-order valence-corrected chi connectivity index (χ4v) is 3.95. The molecule has 0 saturated carbocycles. The summed E-state index contributed by atoms with van der Waals surface area (Å²) in [7, 11) is 2.75. The summed E-state index contributed by atoms with van der Waals surface area (Å²) in [4.78, 5) is 60.9. The summed E-state index contributed by atoms with van der Waals surface area (Å²) in [5.74, 6) is -1.42. The minimum absolute atomic E-state index is 0.0603. The standard InChI is InChI=1S/C24H30N6O6/c1-14(2)19(23(33)36-4)29-21(31)20-17(8-11-30(20)22(32)18-13-25-9-10-26-18)28-24(34)27-15-6-5-7-16(12-15)35-3/h5-7,9-10,12-14,17,19-20H,8,11H2,1-4H3,(H,29,31)(H2,27,28,34)/t17-,19+,20+/m0/s1. The quantitative estimate of drug-likeness (QED) is 0.459. The number of carbonyl (C=O) groups is 4. The van der Waals surface area contributed by atoms with E-state index in [9.17, 15) is 19.2 Å². The Labute approximate surface area is 208 Å². The average molecular weight is 499 g/mol. The predicted octanol–water partition coefficient (Wildman–Crippen LogP) is 1.20. The van der Waals surface area contributed by atoms with Crippen molar-refractivity contribution in [3.8, 4) is 5.75 Å². The van der Waals surface area contributed by atoms with Gasteiger partial charge >= 0.3 is 12.0 Å². The molecule has 12 nitrogen and oxygen atoms in total. The van der Waals surface area contributed by atoms with Crippen LogP contribution >= 0.6 is 0 Å². The zero-order valence-corrected chi connectivity index (χ0v) is 20.6. The lowest BCUT2D eigenvalue weighted by molar-refractivity contribution is -0.146. The molecule has 36 heavy (non-hydrogen) atoms. The van der Waals surface area contributed by atoms with Crippen molar-refractivity contribution in [2.75, 3.05) is 26.1 Å². The number of aromatic nitrogens is 2. The van der Waals surface area contributed by atoms with E-state index in [4.69, 9.17) is 9.47 Å². The first-order chi connectivity index (χ1) is 17.2. The van der Waals surface area contributed by atoms with Crippen molar-refractivity contribution in [3.63, 3.8) is 0 Å². The van der Waals surface area contributed by atoms with Gasteiger partial charge in [-0.05, 0) is 24.5 Å². The maximum absolute atomic E-state index is 13.4. The molecule has 0 radical (unpaired) electrons. The first-order valence-corrected chi connectivity index (χ1v) is 11.4. The fraction of sp³-hybridized carbons (Fsp3) is 0.417. The number of urea groups is 1. The van der Waals surface area contributed by atoms with Crippen LogP contribution in [0.5, 0.6) is 5.75 Å². The van der Waals surface area contributed by atoms with Crippen molar-refractivity contribution in [3.05, 3.63) is 48.5 Å². The van der Waals surface area contributed by atoms with Crippen LogP contribution in [-0.4, -0.2) is 77.6 Å². The van der Waals surface area contributed by atoms with Crippen molar-refractivity contribution in [1.82, 2.24) is 25.5 Å². The topological polar surface area (TPSA) is 152 Å². The normalized spacial score (nSPS) is 17.8. The lowest BCUT2D eigenvalue weighted by atomic mass is 10.0. The highest BCUT2D eigenvalue weighted by atomic mass is 16.5. The van der Waals surface area contributed by atoms with Gasteiger partial charge in [0.1, 0.15) is 23.5 Å². The Kier molecular flexibility index (Phi) is 8.76. The molecule has 1 aliphatic rings. The van der Waals surface area contributed by atoms with Crippen molar-refractivity contribution in [2.24, 2.45) is 5.92 Å². The van der Waals surface area contributed by atoms with Crippen LogP contribution in [0.2, 0.25) is 0 Å². The number of hydrogen-bond acceptors (Lipinski definition) is 8. The Morgan fingerprint density at radius 1 is 1.14 bits per heavy atom. The highest BCUT2D eigenvalue weighted by Crippen LogP contribution is 2.22. The van der Waals surface area contributed by atoms with Gasteiger partial charge in [0.15, 0.2) is 0 Å². The van der Waals surface area contributed by atoms with Gasteiger partial charge < -0.3 is 30.3 Å². The number of rotatable bonds is 8. The highest BCUT2D eigenvalue weighted by molar-refractivity contribution is 5.98. The molecule has 0 unspecified atom stereocenters. The van der Waals surface area contributed by atoms with Gasteiger partial charge in [-0.1, -0.05) is 19.9 Å².